The highest BCUT2D eigenvalue weighted by Crippen LogP contribution is 2.16. The van der Waals surface area contributed by atoms with Crippen molar-refractivity contribution in [1.82, 2.24) is 4.90 Å². The van der Waals surface area contributed by atoms with Gasteiger partial charge >= 0.3 is 0 Å². The Bertz CT molecular complexity index is 430. The average molecular weight is 264 g/mol. The Morgan fingerprint density at radius 2 is 2.11 bits per heavy atom. The van der Waals surface area contributed by atoms with Gasteiger partial charge in [-0.25, -0.2) is 0 Å². The smallest absolute Gasteiger partial charge is 0.238 e. The summed E-state index contributed by atoms with van der Waals surface area (Å²) in [7, 11) is 1.88. The molecule has 0 heterocycles. The maximum Gasteiger partial charge on any atom is 0.238 e. The third-order valence-corrected chi connectivity index (χ3v) is 3.01. The predicted molar refractivity (Wildman–Crippen MR) is 78.3 cm³/mol. The van der Waals surface area contributed by atoms with Crippen molar-refractivity contribution in [3.63, 3.8) is 0 Å². The summed E-state index contributed by atoms with van der Waals surface area (Å²) >= 11 is 0. The molecule has 106 valence electrons. The molecule has 0 radical (unpaired) electrons. The molecule has 0 saturated heterocycles. The Morgan fingerprint density at radius 1 is 1.42 bits per heavy atom. The largest absolute Gasteiger partial charge is 0.393 e. The molecule has 0 aliphatic heterocycles. The molecular weight excluding hydrogens is 240 g/mol. The molecule has 0 bridgehead atoms. The van der Waals surface area contributed by atoms with Gasteiger partial charge in [-0.05, 0) is 51.4 Å². The van der Waals surface area contributed by atoms with Gasteiger partial charge < -0.3 is 10.4 Å². The fourth-order valence-electron chi connectivity index (χ4n) is 1.79. The zero-order chi connectivity index (χ0) is 14.4. The highest BCUT2D eigenvalue weighted by molar-refractivity contribution is 5.93. The number of hydrogen-bond acceptors (Lipinski definition) is 3. The first-order chi connectivity index (χ1) is 8.88. The van der Waals surface area contributed by atoms with Gasteiger partial charge in [-0.15, -0.1) is 0 Å². The first-order valence-corrected chi connectivity index (χ1v) is 6.62. The molecule has 0 fully saturated rings. The molecule has 0 spiro atoms. The van der Waals surface area contributed by atoms with E-state index >= 15 is 0 Å². The molecule has 1 amide bonds. The molecule has 2 N–H and O–H groups in total. The van der Waals surface area contributed by atoms with Crippen LogP contribution in [0.1, 0.15) is 24.5 Å². The molecule has 4 nitrogen and oxygen atoms in total. The third kappa shape index (κ3) is 5.85. The summed E-state index contributed by atoms with van der Waals surface area (Å²) in [5.74, 6) is -0.0261. The van der Waals surface area contributed by atoms with Crippen LogP contribution in [0.25, 0.3) is 0 Å². The Morgan fingerprint density at radius 3 is 2.74 bits per heavy atom. The van der Waals surface area contributed by atoms with Crippen molar-refractivity contribution < 1.29 is 9.90 Å². The van der Waals surface area contributed by atoms with E-state index < -0.39 is 0 Å². The molecule has 1 rings (SSSR count). The number of aliphatic hydroxyl groups is 1. The summed E-state index contributed by atoms with van der Waals surface area (Å²) in [5.41, 5.74) is 3.06. The minimum atomic E-state index is -0.329. The second-order valence-corrected chi connectivity index (χ2v) is 5.24. The van der Waals surface area contributed by atoms with Gasteiger partial charge in [0.05, 0.1) is 12.6 Å². The third-order valence-electron chi connectivity index (χ3n) is 3.01. The van der Waals surface area contributed by atoms with E-state index in [0.717, 1.165) is 16.8 Å². The number of aryl methyl sites for hydroxylation is 2. The van der Waals surface area contributed by atoms with Gasteiger partial charge in [0.2, 0.25) is 5.91 Å². The number of nitrogens with one attached hydrogen (secondary N) is 1. The summed E-state index contributed by atoms with van der Waals surface area (Å²) in [6, 6.07) is 6.00. The van der Waals surface area contributed by atoms with Crippen molar-refractivity contribution in [1.29, 1.82) is 0 Å². The Hall–Kier alpha value is -1.39. The van der Waals surface area contributed by atoms with Crippen LogP contribution in [0, 0.1) is 13.8 Å². The Labute approximate surface area is 115 Å². The number of likely N-dealkylation sites (N-methyl/N-ethyl adjacent to an activating group) is 1. The van der Waals surface area contributed by atoms with E-state index in [1.165, 1.54) is 0 Å². The quantitative estimate of drug-likeness (QED) is 0.825. The van der Waals surface area contributed by atoms with E-state index in [-0.39, 0.29) is 12.0 Å². The molecule has 1 aromatic rings. The van der Waals surface area contributed by atoms with E-state index in [1.807, 2.05) is 44.0 Å². The summed E-state index contributed by atoms with van der Waals surface area (Å²) in [6.45, 7) is 6.78. The zero-order valence-corrected chi connectivity index (χ0v) is 12.2. The number of aliphatic hydroxyl groups excluding tert-OH is 1. The van der Waals surface area contributed by atoms with Crippen molar-refractivity contribution in [2.45, 2.75) is 33.3 Å². The van der Waals surface area contributed by atoms with E-state index in [2.05, 4.69) is 5.32 Å². The maximum atomic E-state index is 11.9. The van der Waals surface area contributed by atoms with Crippen molar-refractivity contribution in [2.24, 2.45) is 0 Å². The lowest BCUT2D eigenvalue weighted by atomic mass is 10.1. The maximum absolute atomic E-state index is 11.9. The van der Waals surface area contributed by atoms with Gasteiger partial charge in [-0.3, -0.25) is 9.69 Å². The van der Waals surface area contributed by atoms with Crippen LogP contribution in [0.15, 0.2) is 18.2 Å². The molecule has 4 heteroatoms. The van der Waals surface area contributed by atoms with Gasteiger partial charge in [0.15, 0.2) is 0 Å². The molecule has 1 aromatic carbocycles. The van der Waals surface area contributed by atoms with Crippen LogP contribution in [0.2, 0.25) is 0 Å². The van der Waals surface area contributed by atoms with Gasteiger partial charge in [-0.1, -0.05) is 12.1 Å². The van der Waals surface area contributed by atoms with Crippen molar-refractivity contribution in [2.75, 3.05) is 25.5 Å². The summed E-state index contributed by atoms with van der Waals surface area (Å²) in [6.07, 6.45) is 0.345. The second-order valence-electron chi connectivity index (χ2n) is 5.24. The monoisotopic (exact) mass is 264 g/mol. The SMILES string of the molecule is Cc1ccc(C)c(NC(=O)CN(C)CCC(C)O)c1. The highest BCUT2D eigenvalue weighted by atomic mass is 16.3. The fraction of sp³-hybridized carbons (Fsp3) is 0.533. The first kappa shape index (κ1) is 15.7. The highest BCUT2D eigenvalue weighted by Gasteiger charge is 2.09. The van der Waals surface area contributed by atoms with E-state index in [1.54, 1.807) is 6.92 Å². The van der Waals surface area contributed by atoms with Crippen LogP contribution >= 0.6 is 0 Å². The molecule has 0 aliphatic carbocycles. The lowest BCUT2D eigenvalue weighted by Gasteiger charge is -2.17. The van der Waals surface area contributed by atoms with Gasteiger partial charge in [0, 0.05) is 12.2 Å². The Kier molecular flexibility index (Phi) is 5.99. The Balaban J connectivity index is 2.48. The van der Waals surface area contributed by atoms with E-state index in [9.17, 15) is 9.90 Å². The lowest BCUT2D eigenvalue weighted by molar-refractivity contribution is -0.117. The van der Waals surface area contributed by atoms with Crippen molar-refractivity contribution in [3.05, 3.63) is 29.3 Å². The van der Waals surface area contributed by atoms with Crippen LogP contribution < -0.4 is 5.32 Å². The molecular formula is C15H24N2O2. The summed E-state index contributed by atoms with van der Waals surface area (Å²) < 4.78 is 0. The number of carbonyl (C=O) groups excluding carboxylic acids is 1. The summed E-state index contributed by atoms with van der Waals surface area (Å²) in [4.78, 5) is 13.8. The number of anilines is 1. The average Bonchev–Trinajstić information content (AvgIpc) is 2.31. The summed E-state index contributed by atoms with van der Waals surface area (Å²) in [5, 5.41) is 12.1. The number of amides is 1. The minimum Gasteiger partial charge on any atom is -0.393 e. The van der Waals surface area contributed by atoms with Crippen LogP contribution in [0.5, 0.6) is 0 Å². The standard InChI is InChI=1S/C15H24N2O2/c1-11-5-6-12(2)14(9-11)16-15(19)10-17(4)8-7-13(3)18/h5-6,9,13,18H,7-8,10H2,1-4H3,(H,16,19). The van der Waals surface area contributed by atoms with Crippen LogP contribution in [0.3, 0.4) is 0 Å². The van der Waals surface area contributed by atoms with E-state index in [4.69, 9.17) is 0 Å². The normalized spacial score (nSPS) is 12.5. The van der Waals surface area contributed by atoms with Crippen LogP contribution in [-0.4, -0.2) is 42.2 Å². The number of carbonyl (C=O) groups is 1. The topological polar surface area (TPSA) is 52.6 Å². The van der Waals surface area contributed by atoms with Gasteiger partial charge in [-0.2, -0.15) is 0 Å². The number of hydrogen-bond donors (Lipinski definition) is 2. The first-order valence-electron chi connectivity index (χ1n) is 6.62. The van der Waals surface area contributed by atoms with Crippen LogP contribution in [0.4, 0.5) is 5.69 Å². The molecule has 0 saturated carbocycles. The minimum absolute atomic E-state index is 0.0261. The molecule has 0 aromatic heterocycles. The van der Waals surface area contributed by atoms with E-state index in [0.29, 0.717) is 19.5 Å². The van der Waals surface area contributed by atoms with Gasteiger partial charge in [0.25, 0.3) is 0 Å². The fourth-order valence-corrected chi connectivity index (χ4v) is 1.79. The van der Waals surface area contributed by atoms with Gasteiger partial charge in [0.1, 0.15) is 0 Å². The molecule has 19 heavy (non-hydrogen) atoms. The second kappa shape index (κ2) is 7.26. The molecule has 1 unspecified atom stereocenters. The molecule has 0 aliphatic rings. The van der Waals surface area contributed by atoms with Crippen molar-refractivity contribution in [3.8, 4) is 0 Å². The van der Waals surface area contributed by atoms with Crippen molar-refractivity contribution >= 4 is 11.6 Å². The predicted octanol–water partition coefficient (Wildman–Crippen LogP) is 1.94. The van der Waals surface area contributed by atoms with Crippen LogP contribution in [-0.2, 0) is 4.79 Å². The number of benzene rings is 1. The number of nitrogens with zero attached hydrogens (tertiary/aromatic N) is 1. The number of rotatable bonds is 6. The molecule has 1 atom stereocenters. The lowest BCUT2D eigenvalue weighted by Crippen LogP contribution is -2.32. The zero-order valence-electron chi connectivity index (χ0n) is 12.2.